The van der Waals surface area contributed by atoms with Crippen LogP contribution in [-0.4, -0.2) is 50.4 Å². The Balaban J connectivity index is 1.24. The molecule has 0 amide bonds. The highest BCUT2D eigenvalue weighted by Crippen LogP contribution is 2.38. The van der Waals surface area contributed by atoms with Crippen molar-refractivity contribution < 1.29 is 0 Å². The molecule has 0 aromatic carbocycles. The molecule has 0 spiro atoms. The molecule has 0 N–H and O–H groups in total. The molecule has 2 aliphatic rings. The number of hydrogen-bond acceptors (Lipinski definition) is 5. The fourth-order valence-electron chi connectivity index (χ4n) is 3.69. The quantitative estimate of drug-likeness (QED) is 0.725. The molecule has 3 aromatic heterocycles. The molecule has 1 aliphatic carbocycles. The molecule has 6 nitrogen and oxygen atoms in total. The zero-order valence-electron chi connectivity index (χ0n) is 15.2. The molecule has 26 heavy (non-hydrogen) atoms. The van der Waals surface area contributed by atoms with E-state index in [0.717, 1.165) is 61.4 Å². The number of aryl methyl sites for hydroxylation is 1. The van der Waals surface area contributed by atoms with Gasteiger partial charge in [0.15, 0.2) is 0 Å². The Labute approximate surface area is 153 Å². The van der Waals surface area contributed by atoms with Gasteiger partial charge in [-0.1, -0.05) is 6.07 Å². The number of aromatic nitrogens is 4. The first kappa shape index (κ1) is 15.8. The smallest absolute Gasteiger partial charge is 0.137 e. The summed E-state index contributed by atoms with van der Waals surface area (Å²) in [7, 11) is 0. The summed E-state index contributed by atoms with van der Waals surface area (Å²) < 4.78 is 2.09. The molecule has 6 heteroatoms. The predicted octanol–water partition coefficient (Wildman–Crippen LogP) is 2.63. The Kier molecular flexibility index (Phi) is 3.85. The molecular weight excluding hydrogens is 324 g/mol. The van der Waals surface area contributed by atoms with Crippen LogP contribution in [0.15, 0.2) is 36.7 Å². The van der Waals surface area contributed by atoms with Gasteiger partial charge < -0.3 is 9.30 Å². The van der Waals surface area contributed by atoms with Crippen molar-refractivity contribution in [1.29, 1.82) is 0 Å². The van der Waals surface area contributed by atoms with Crippen LogP contribution in [0.25, 0.3) is 5.65 Å². The van der Waals surface area contributed by atoms with Crippen molar-refractivity contribution in [2.45, 2.75) is 32.2 Å². The first-order chi connectivity index (χ1) is 12.7. The first-order valence-corrected chi connectivity index (χ1v) is 9.50. The van der Waals surface area contributed by atoms with Crippen LogP contribution in [0.4, 0.5) is 5.82 Å². The summed E-state index contributed by atoms with van der Waals surface area (Å²) in [4.78, 5) is 19.1. The van der Waals surface area contributed by atoms with E-state index < -0.39 is 0 Å². The molecule has 134 valence electrons. The number of rotatable bonds is 4. The maximum Gasteiger partial charge on any atom is 0.137 e. The van der Waals surface area contributed by atoms with Crippen LogP contribution in [0.2, 0.25) is 0 Å². The molecule has 0 bridgehead atoms. The van der Waals surface area contributed by atoms with Crippen molar-refractivity contribution in [2.24, 2.45) is 0 Å². The largest absolute Gasteiger partial charge is 0.354 e. The maximum absolute atomic E-state index is 4.84. The fourth-order valence-corrected chi connectivity index (χ4v) is 3.69. The second-order valence-corrected chi connectivity index (χ2v) is 7.46. The SMILES string of the molecule is Cc1cc(N2CCN(Cc3cn4ccccc4n3)CC2)nc(C2CC2)n1. The third kappa shape index (κ3) is 3.17. The summed E-state index contributed by atoms with van der Waals surface area (Å²) in [6.45, 7) is 7.08. The van der Waals surface area contributed by atoms with Gasteiger partial charge in [0.2, 0.25) is 0 Å². The standard InChI is InChI=1S/C20H24N6/c1-15-12-19(23-20(21-15)16-5-6-16)25-10-8-24(9-11-25)13-17-14-26-7-3-2-4-18(26)22-17/h2-4,7,12,14,16H,5-6,8-11,13H2,1H3. The lowest BCUT2D eigenvalue weighted by molar-refractivity contribution is 0.247. The van der Waals surface area contributed by atoms with Gasteiger partial charge in [0.25, 0.3) is 0 Å². The molecule has 3 aromatic rings. The third-order valence-corrected chi connectivity index (χ3v) is 5.30. The van der Waals surface area contributed by atoms with E-state index in [1.165, 1.54) is 12.8 Å². The van der Waals surface area contributed by atoms with Gasteiger partial charge >= 0.3 is 0 Å². The van der Waals surface area contributed by atoms with Crippen molar-refractivity contribution in [3.05, 3.63) is 53.9 Å². The maximum atomic E-state index is 4.84. The number of hydrogen-bond donors (Lipinski definition) is 0. The minimum atomic E-state index is 0.602. The van der Waals surface area contributed by atoms with Gasteiger partial charge in [0, 0.05) is 62.8 Å². The summed E-state index contributed by atoms with van der Waals surface area (Å²) in [5.74, 6) is 2.75. The van der Waals surface area contributed by atoms with E-state index in [1.807, 2.05) is 12.1 Å². The van der Waals surface area contributed by atoms with Gasteiger partial charge in [0.1, 0.15) is 17.3 Å². The molecular formula is C20H24N6. The van der Waals surface area contributed by atoms with Gasteiger partial charge in [-0.3, -0.25) is 4.90 Å². The lowest BCUT2D eigenvalue weighted by Gasteiger charge is -2.35. The number of imidazole rings is 1. The van der Waals surface area contributed by atoms with Crippen LogP contribution < -0.4 is 4.90 Å². The number of anilines is 1. The topological polar surface area (TPSA) is 49.6 Å². The van der Waals surface area contributed by atoms with Gasteiger partial charge in [0.05, 0.1) is 5.69 Å². The van der Waals surface area contributed by atoms with Crippen LogP contribution in [0.5, 0.6) is 0 Å². The van der Waals surface area contributed by atoms with E-state index in [1.54, 1.807) is 0 Å². The van der Waals surface area contributed by atoms with Gasteiger partial charge in [-0.05, 0) is 31.9 Å². The average molecular weight is 348 g/mol. The van der Waals surface area contributed by atoms with Gasteiger partial charge in [-0.2, -0.15) is 0 Å². The second-order valence-electron chi connectivity index (χ2n) is 7.46. The van der Waals surface area contributed by atoms with Crippen molar-refractivity contribution in [3.8, 4) is 0 Å². The highest BCUT2D eigenvalue weighted by molar-refractivity contribution is 5.41. The van der Waals surface area contributed by atoms with Crippen LogP contribution in [0.3, 0.4) is 0 Å². The summed E-state index contributed by atoms with van der Waals surface area (Å²) in [6, 6.07) is 8.25. The van der Waals surface area contributed by atoms with Crippen LogP contribution >= 0.6 is 0 Å². The highest BCUT2D eigenvalue weighted by Gasteiger charge is 2.28. The van der Waals surface area contributed by atoms with E-state index in [2.05, 4.69) is 50.6 Å². The molecule has 0 radical (unpaired) electrons. The van der Waals surface area contributed by atoms with Crippen LogP contribution in [-0.2, 0) is 6.54 Å². The first-order valence-electron chi connectivity index (χ1n) is 9.50. The highest BCUT2D eigenvalue weighted by atomic mass is 15.3. The summed E-state index contributed by atoms with van der Waals surface area (Å²) in [5, 5.41) is 0. The number of piperazine rings is 1. The Morgan fingerprint density at radius 1 is 1.04 bits per heavy atom. The molecule has 1 saturated heterocycles. The Bertz CT molecular complexity index is 888. The minimum Gasteiger partial charge on any atom is -0.354 e. The zero-order valence-corrected chi connectivity index (χ0v) is 15.2. The van der Waals surface area contributed by atoms with Gasteiger partial charge in [-0.25, -0.2) is 15.0 Å². The van der Waals surface area contributed by atoms with Crippen LogP contribution in [0, 0.1) is 6.92 Å². The van der Waals surface area contributed by atoms with E-state index in [9.17, 15) is 0 Å². The molecule has 1 aliphatic heterocycles. The van der Waals surface area contributed by atoms with E-state index >= 15 is 0 Å². The van der Waals surface area contributed by atoms with E-state index in [-0.39, 0.29) is 0 Å². The number of nitrogens with zero attached hydrogens (tertiary/aromatic N) is 6. The van der Waals surface area contributed by atoms with Crippen molar-refractivity contribution >= 4 is 11.5 Å². The normalized spacial score (nSPS) is 18.6. The number of pyridine rings is 1. The molecule has 0 unspecified atom stereocenters. The molecule has 1 saturated carbocycles. The van der Waals surface area contributed by atoms with Crippen molar-refractivity contribution in [1.82, 2.24) is 24.3 Å². The summed E-state index contributed by atoms with van der Waals surface area (Å²) in [6.07, 6.45) is 6.68. The third-order valence-electron chi connectivity index (χ3n) is 5.30. The molecule has 5 rings (SSSR count). The molecule has 0 atom stereocenters. The lowest BCUT2D eigenvalue weighted by Crippen LogP contribution is -2.46. The van der Waals surface area contributed by atoms with Gasteiger partial charge in [-0.15, -0.1) is 0 Å². The Morgan fingerprint density at radius 2 is 1.88 bits per heavy atom. The van der Waals surface area contributed by atoms with Crippen LogP contribution in [0.1, 0.15) is 36.0 Å². The predicted molar refractivity (Wildman–Crippen MR) is 101 cm³/mol. The fraction of sp³-hybridized carbons (Fsp3) is 0.450. The molecule has 2 fully saturated rings. The Morgan fingerprint density at radius 3 is 2.65 bits per heavy atom. The zero-order chi connectivity index (χ0) is 17.5. The van der Waals surface area contributed by atoms with Crippen molar-refractivity contribution in [2.75, 3.05) is 31.1 Å². The second kappa shape index (κ2) is 6.36. The van der Waals surface area contributed by atoms with E-state index in [4.69, 9.17) is 9.97 Å². The average Bonchev–Trinajstić information content (AvgIpc) is 3.42. The summed E-state index contributed by atoms with van der Waals surface area (Å²) in [5.41, 5.74) is 3.24. The van der Waals surface area contributed by atoms with E-state index in [0.29, 0.717) is 5.92 Å². The van der Waals surface area contributed by atoms with Crippen molar-refractivity contribution in [3.63, 3.8) is 0 Å². The molecule has 4 heterocycles. The lowest BCUT2D eigenvalue weighted by atomic mass is 10.2. The number of fused-ring (bicyclic) bond motifs is 1. The monoisotopic (exact) mass is 348 g/mol. The minimum absolute atomic E-state index is 0.602. The summed E-state index contributed by atoms with van der Waals surface area (Å²) >= 11 is 0. The Hall–Kier alpha value is -2.47.